The van der Waals surface area contributed by atoms with E-state index in [1.54, 1.807) is 13.8 Å². The molecule has 0 fully saturated rings. The van der Waals surface area contributed by atoms with Gasteiger partial charge in [-0.25, -0.2) is 9.18 Å². The zero-order valence-electron chi connectivity index (χ0n) is 17.4. The van der Waals surface area contributed by atoms with Gasteiger partial charge in [0.25, 0.3) is 0 Å². The van der Waals surface area contributed by atoms with Crippen molar-refractivity contribution in [2.75, 3.05) is 5.75 Å². The summed E-state index contributed by atoms with van der Waals surface area (Å²) >= 11 is 3.39. The molecular formula is C22H21F5O3S2. The summed E-state index contributed by atoms with van der Waals surface area (Å²) in [6.45, 7) is 5.40. The number of thiol groups is 1. The van der Waals surface area contributed by atoms with Gasteiger partial charge in [-0.3, -0.25) is 0 Å². The second kappa shape index (κ2) is 8.44. The second-order valence-electron chi connectivity index (χ2n) is 7.79. The molecule has 174 valence electrons. The maximum atomic E-state index is 14.9. The van der Waals surface area contributed by atoms with Crippen molar-refractivity contribution in [1.82, 2.24) is 0 Å². The number of aromatic hydroxyl groups is 1. The summed E-state index contributed by atoms with van der Waals surface area (Å²) < 4.78 is 76.0. The van der Waals surface area contributed by atoms with Crippen LogP contribution in [0.5, 0.6) is 5.75 Å². The first-order valence-corrected chi connectivity index (χ1v) is 11.1. The fourth-order valence-electron chi connectivity index (χ4n) is 3.77. The maximum absolute atomic E-state index is 14.9. The Morgan fingerprint density at radius 2 is 1.69 bits per heavy atom. The number of alkyl halides is 5. The molecule has 0 saturated heterocycles. The van der Waals surface area contributed by atoms with Crippen molar-refractivity contribution in [3.8, 4) is 16.9 Å². The number of hydrogen-bond donors (Lipinski definition) is 2. The minimum atomic E-state index is -4.99. The molecule has 1 aliphatic carbocycles. The highest BCUT2D eigenvalue weighted by Gasteiger charge is 2.73. The fraction of sp³-hybridized carbons (Fsp3) is 0.409. The lowest BCUT2D eigenvalue weighted by Crippen LogP contribution is -2.60. The smallest absolute Gasteiger partial charge is 0.357 e. The molecule has 0 bridgehead atoms. The van der Waals surface area contributed by atoms with Crippen LogP contribution in [0.3, 0.4) is 0 Å². The summed E-state index contributed by atoms with van der Waals surface area (Å²) in [5.74, 6) is -10.5. The highest BCUT2D eigenvalue weighted by atomic mass is 32.2. The van der Waals surface area contributed by atoms with Gasteiger partial charge >= 0.3 is 17.5 Å². The van der Waals surface area contributed by atoms with Gasteiger partial charge in [-0.1, -0.05) is 23.8 Å². The Kier molecular flexibility index (Phi) is 6.52. The number of rotatable bonds is 5. The molecule has 0 radical (unpaired) electrons. The van der Waals surface area contributed by atoms with Gasteiger partial charge < -0.3 is 9.52 Å². The molecule has 3 rings (SSSR count). The molecule has 0 amide bonds. The third kappa shape index (κ3) is 3.96. The first-order valence-electron chi connectivity index (χ1n) is 9.60. The van der Waals surface area contributed by atoms with E-state index >= 15 is 0 Å². The number of aryl methyl sites for hydroxylation is 4. The third-order valence-corrected chi connectivity index (χ3v) is 7.09. The number of hydrogen-bond acceptors (Lipinski definition) is 5. The average molecular weight is 493 g/mol. The van der Waals surface area contributed by atoms with Crippen LogP contribution in [0.25, 0.3) is 11.1 Å². The van der Waals surface area contributed by atoms with E-state index in [9.17, 15) is 31.9 Å². The van der Waals surface area contributed by atoms with Crippen LogP contribution in [0.15, 0.2) is 39.8 Å². The zero-order chi connectivity index (χ0) is 24.1. The third-order valence-electron chi connectivity index (χ3n) is 5.37. The molecule has 1 aliphatic rings. The number of benzene rings is 1. The summed E-state index contributed by atoms with van der Waals surface area (Å²) in [6, 6.07) is 3.64. The van der Waals surface area contributed by atoms with Crippen LogP contribution in [-0.4, -0.2) is 33.0 Å². The lowest BCUT2D eigenvalue weighted by Gasteiger charge is -2.40. The standard InChI is InChI=1S/C22H21F5O3S2/c1-11-8-12(2)16(13(3)9-11)17-18(28)14(10-30-19(17)29)5-7-32-20(23)6-4-15(31)21(24,25)22(20,26)27/h4,6,8-10,15,28,31H,5,7H2,1-3H3. The minimum Gasteiger partial charge on any atom is -0.507 e. The van der Waals surface area contributed by atoms with Crippen LogP contribution >= 0.6 is 24.4 Å². The molecular weight excluding hydrogens is 471 g/mol. The molecule has 32 heavy (non-hydrogen) atoms. The van der Waals surface area contributed by atoms with E-state index in [1.165, 1.54) is 0 Å². The van der Waals surface area contributed by atoms with Gasteiger partial charge in [-0.05, 0) is 50.0 Å². The van der Waals surface area contributed by atoms with Gasteiger partial charge in [0.1, 0.15) is 17.6 Å². The Labute approximate surface area is 191 Å². The molecule has 0 spiro atoms. The fourth-order valence-corrected chi connectivity index (χ4v) is 5.13. The quantitative estimate of drug-likeness (QED) is 0.305. The van der Waals surface area contributed by atoms with E-state index < -0.39 is 39.2 Å². The Morgan fingerprint density at radius 3 is 2.28 bits per heavy atom. The predicted octanol–water partition coefficient (Wildman–Crippen LogP) is 6.02. The zero-order valence-corrected chi connectivity index (χ0v) is 19.1. The van der Waals surface area contributed by atoms with E-state index in [0.717, 1.165) is 23.0 Å². The topological polar surface area (TPSA) is 50.4 Å². The Hall–Kier alpha value is -1.94. The van der Waals surface area contributed by atoms with Crippen LogP contribution < -0.4 is 5.63 Å². The van der Waals surface area contributed by atoms with E-state index in [4.69, 9.17) is 4.42 Å². The van der Waals surface area contributed by atoms with Crippen molar-refractivity contribution in [3.63, 3.8) is 0 Å². The summed E-state index contributed by atoms with van der Waals surface area (Å²) in [5.41, 5.74) is 2.04. The minimum absolute atomic E-state index is 0.0197. The van der Waals surface area contributed by atoms with Crippen LogP contribution in [0.4, 0.5) is 22.0 Å². The second-order valence-corrected chi connectivity index (χ2v) is 9.64. The SMILES string of the molecule is Cc1cc(C)c(-c2c(O)c(CCSC3(F)C=CC(S)C(F)(F)C3(F)F)coc2=O)c(C)c1. The average Bonchev–Trinajstić information content (AvgIpc) is 2.68. The molecule has 1 N–H and O–H groups in total. The molecule has 0 aliphatic heterocycles. The van der Waals surface area contributed by atoms with Crippen molar-refractivity contribution in [3.05, 3.63) is 63.2 Å². The molecule has 10 heteroatoms. The Balaban J connectivity index is 1.89. The van der Waals surface area contributed by atoms with Gasteiger partial charge in [0.2, 0.25) is 5.00 Å². The van der Waals surface area contributed by atoms with Gasteiger partial charge in [0.15, 0.2) is 0 Å². The predicted molar refractivity (Wildman–Crippen MR) is 118 cm³/mol. The van der Waals surface area contributed by atoms with Crippen LogP contribution in [0, 0.1) is 20.8 Å². The largest absolute Gasteiger partial charge is 0.507 e. The maximum Gasteiger partial charge on any atom is 0.357 e. The first-order chi connectivity index (χ1) is 14.7. The molecule has 1 aromatic carbocycles. The lowest BCUT2D eigenvalue weighted by atomic mass is 9.93. The molecule has 3 nitrogen and oxygen atoms in total. The van der Waals surface area contributed by atoms with E-state index in [1.807, 2.05) is 19.1 Å². The molecule has 2 unspecified atom stereocenters. The van der Waals surface area contributed by atoms with E-state index in [2.05, 4.69) is 12.6 Å². The van der Waals surface area contributed by atoms with E-state index in [0.29, 0.717) is 17.7 Å². The first kappa shape index (κ1) is 24.7. The van der Waals surface area contributed by atoms with Gasteiger partial charge in [0, 0.05) is 11.3 Å². The van der Waals surface area contributed by atoms with Crippen LogP contribution in [0.2, 0.25) is 0 Å². The van der Waals surface area contributed by atoms with Crippen molar-refractivity contribution in [2.24, 2.45) is 0 Å². The lowest BCUT2D eigenvalue weighted by molar-refractivity contribution is -0.238. The molecule has 1 aromatic heterocycles. The molecule has 2 atom stereocenters. The van der Waals surface area contributed by atoms with Gasteiger partial charge in [0.05, 0.1) is 5.25 Å². The van der Waals surface area contributed by atoms with Crippen molar-refractivity contribution < 1.29 is 31.5 Å². The Bertz CT molecular complexity index is 1110. The summed E-state index contributed by atoms with van der Waals surface area (Å²) in [7, 11) is 0. The van der Waals surface area contributed by atoms with Crippen LogP contribution in [-0.2, 0) is 6.42 Å². The van der Waals surface area contributed by atoms with E-state index in [-0.39, 0.29) is 29.3 Å². The summed E-state index contributed by atoms with van der Waals surface area (Å²) in [4.78, 5) is 12.4. The highest BCUT2D eigenvalue weighted by molar-refractivity contribution is 8.00. The Morgan fingerprint density at radius 1 is 1.09 bits per heavy atom. The number of thioether (sulfide) groups is 1. The monoisotopic (exact) mass is 492 g/mol. The normalized spacial score (nSPS) is 24.0. The summed E-state index contributed by atoms with van der Waals surface area (Å²) in [5, 5.41) is 4.94. The molecule has 1 heterocycles. The van der Waals surface area contributed by atoms with Crippen molar-refractivity contribution >= 4 is 24.4 Å². The van der Waals surface area contributed by atoms with Gasteiger partial charge in [-0.2, -0.15) is 30.2 Å². The molecule has 0 saturated carbocycles. The highest BCUT2D eigenvalue weighted by Crippen LogP contribution is 2.56. The van der Waals surface area contributed by atoms with Gasteiger partial charge in [-0.15, -0.1) is 11.8 Å². The summed E-state index contributed by atoms with van der Waals surface area (Å²) in [6.07, 6.45) is 1.75. The van der Waals surface area contributed by atoms with Crippen LogP contribution in [0.1, 0.15) is 22.3 Å². The molecule has 2 aromatic rings. The van der Waals surface area contributed by atoms with Crippen molar-refractivity contribution in [2.45, 2.75) is 49.3 Å². The van der Waals surface area contributed by atoms with Crippen molar-refractivity contribution in [1.29, 1.82) is 0 Å². The number of halogens is 5.